The molecular weight excluding hydrogens is 414 g/mol. The lowest BCUT2D eigenvalue weighted by Gasteiger charge is -2.28. The van der Waals surface area contributed by atoms with Gasteiger partial charge in [0.15, 0.2) is 11.5 Å². The number of halogens is 1. The van der Waals surface area contributed by atoms with E-state index >= 15 is 0 Å². The Hall–Kier alpha value is -2.83. The highest BCUT2D eigenvalue weighted by Gasteiger charge is 2.24. The van der Waals surface area contributed by atoms with Crippen molar-refractivity contribution < 1.29 is 14.1 Å². The molecule has 2 heterocycles. The van der Waals surface area contributed by atoms with Crippen molar-refractivity contribution in [3.05, 3.63) is 70.9 Å². The largest absolute Gasteiger partial charge is 0.494 e. The molecule has 1 amide bonds. The first kappa shape index (κ1) is 21.4. The third-order valence-electron chi connectivity index (χ3n) is 5.48. The smallest absolute Gasteiger partial charge is 0.273 e. The summed E-state index contributed by atoms with van der Waals surface area (Å²) in [5.74, 6) is 1.08. The molecule has 1 aliphatic rings. The molecule has 1 aromatic heterocycles. The van der Waals surface area contributed by atoms with Crippen LogP contribution in [0.5, 0.6) is 5.75 Å². The van der Waals surface area contributed by atoms with Crippen LogP contribution in [0.3, 0.4) is 0 Å². The van der Waals surface area contributed by atoms with Gasteiger partial charge in [-0.15, -0.1) is 0 Å². The number of amides is 1. The Kier molecular flexibility index (Phi) is 6.89. The number of hydrogen-bond donors (Lipinski definition) is 1. The molecule has 0 saturated carbocycles. The molecule has 6 nitrogen and oxygen atoms in total. The van der Waals surface area contributed by atoms with E-state index in [1.165, 1.54) is 12.8 Å². The number of carbonyl (C=O) groups is 1. The average Bonchev–Trinajstić information content (AvgIpc) is 3.48. The number of aromatic nitrogens is 1. The van der Waals surface area contributed by atoms with Crippen LogP contribution in [0.15, 0.2) is 59.1 Å². The van der Waals surface area contributed by atoms with Crippen molar-refractivity contribution in [2.75, 3.05) is 26.2 Å². The second-order valence-corrected chi connectivity index (χ2v) is 7.99. The molecule has 162 valence electrons. The summed E-state index contributed by atoms with van der Waals surface area (Å²) < 4.78 is 10.9. The fourth-order valence-electron chi connectivity index (χ4n) is 3.88. The molecule has 0 spiro atoms. The Morgan fingerprint density at radius 1 is 1.16 bits per heavy atom. The molecule has 1 atom stereocenters. The van der Waals surface area contributed by atoms with Crippen molar-refractivity contribution in [3.63, 3.8) is 0 Å². The molecule has 0 unspecified atom stereocenters. The second kappa shape index (κ2) is 9.98. The summed E-state index contributed by atoms with van der Waals surface area (Å²) in [7, 11) is 0. The van der Waals surface area contributed by atoms with E-state index in [1.807, 2.05) is 55.5 Å². The first-order valence-corrected chi connectivity index (χ1v) is 11.0. The van der Waals surface area contributed by atoms with Gasteiger partial charge in [0.2, 0.25) is 0 Å². The van der Waals surface area contributed by atoms with Gasteiger partial charge in [0.25, 0.3) is 5.91 Å². The predicted molar refractivity (Wildman–Crippen MR) is 120 cm³/mol. The third kappa shape index (κ3) is 5.27. The maximum Gasteiger partial charge on any atom is 0.273 e. The number of hydrogen-bond acceptors (Lipinski definition) is 5. The van der Waals surface area contributed by atoms with Crippen LogP contribution in [0.4, 0.5) is 0 Å². The lowest BCUT2D eigenvalue weighted by atomic mass is 10.1. The first-order valence-electron chi connectivity index (χ1n) is 10.6. The summed E-state index contributed by atoms with van der Waals surface area (Å²) >= 11 is 6.05. The van der Waals surface area contributed by atoms with Gasteiger partial charge in [-0.2, -0.15) is 0 Å². The van der Waals surface area contributed by atoms with Crippen molar-refractivity contribution in [1.29, 1.82) is 0 Å². The van der Waals surface area contributed by atoms with E-state index in [-0.39, 0.29) is 17.6 Å². The fourth-order valence-corrected chi connectivity index (χ4v) is 4.00. The highest BCUT2D eigenvalue weighted by molar-refractivity contribution is 6.30. The number of carbonyl (C=O) groups excluding carboxylic acids is 1. The van der Waals surface area contributed by atoms with Crippen molar-refractivity contribution in [3.8, 4) is 17.1 Å². The molecule has 1 fully saturated rings. The quantitative estimate of drug-likeness (QED) is 0.537. The third-order valence-corrected chi connectivity index (χ3v) is 5.74. The van der Waals surface area contributed by atoms with E-state index < -0.39 is 0 Å². The molecule has 0 radical (unpaired) electrons. The molecule has 2 aromatic carbocycles. The van der Waals surface area contributed by atoms with E-state index in [2.05, 4.69) is 15.4 Å². The van der Waals surface area contributed by atoms with Gasteiger partial charge >= 0.3 is 0 Å². The maximum atomic E-state index is 12.7. The van der Waals surface area contributed by atoms with Gasteiger partial charge in [-0.3, -0.25) is 9.69 Å². The molecular formula is C24H26ClN3O3. The van der Waals surface area contributed by atoms with Crippen LogP contribution in [0.1, 0.15) is 41.9 Å². The number of likely N-dealkylation sites (tertiary alicyclic amines) is 1. The first-order chi connectivity index (χ1) is 15.1. The van der Waals surface area contributed by atoms with Crippen molar-refractivity contribution in [2.24, 2.45) is 0 Å². The Morgan fingerprint density at radius 2 is 1.87 bits per heavy atom. The van der Waals surface area contributed by atoms with Crippen molar-refractivity contribution >= 4 is 17.5 Å². The van der Waals surface area contributed by atoms with Crippen LogP contribution in [-0.2, 0) is 0 Å². The summed E-state index contributed by atoms with van der Waals surface area (Å²) in [6.45, 7) is 5.09. The molecule has 7 heteroatoms. The van der Waals surface area contributed by atoms with Gasteiger partial charge in [-0.05, 0) is 74.8 Å². The zero-order valence-corrected chi connectivity index (χ0v) is 18.3. The van der Waals surface area contributed by atoms with E-state index in [4.69, 9.17) is 20.9 Å². The van der Waals surface area contributed by atoms with Gasteiger partial charge in [0.1, 0.15) is 5.75 Å². The summed E-state index contributed by atoms with van der Waals surface area (Å²) in [6, 6.07) is 17.1. The standard InChI is InChI=1S/C24H26ClN3O3/c1-2-30-20-11-7-18(8-12-20)23-15-21(27-31-23)24(29)26-16-22(28-13-3-4-14-28)17-5-9-19(25)10-6-17/h5-12,15,22H,2-4,13-14,16H2,1H3,(H,26,29)/t22-/m0/s1. The molecule has 1 saturated heterocycles. The molecule has 0 bridgehead atoms. The van der Waals surface area contributed by atoms with E-state index in [9.17, 15) is 4.79 Å². The highest BCUT2D eigenvalue weighted by atomic mass is 35.5. The van der Waals surface area contributed by atoms with Crippen LogP contribution in [0, 0.1) is 0 Å². The predicted octanol–water partition coefficient (Wildman–Crippen LogP) is 4.96. The number of ether oxygens (including phenoxy) is 1. The summed E-state index contributed by atoms with van der Waals surface area (Å²) in [6.07, 6.45) is 2.35. The summed E-state index contributed by atoms with van der Waals surface area (Å²) in [5, 5.41) is 7.69. The van der Waals surface area contributed by atoms with E-state index in [1.54, 1.807) is 6.07 Å². The van der Waals surface area contributed by atoms with E-state index in [0.717, 1.165) is 30.0 Å². The molecule has 4 rings (SSSR count). The Morgan fingerprint density at radius 3 is 2.55 bits per heavy atom. The lowest BCUT2D eigenvalue weighted by Crippen LogP contribution is -2.36. The molecule has 1 aliphatic heterocycles. The SMILES string of the molecule is CCOc1ccc(-c2cc(C(=O)NC[C@@H](c3ccc(Cl)cc3)N3CCCC3)no2)cc1. The van der Waals surface area contributed by atoms with Crippen LogP contribution < -0.4 is 10.1 Å². The average molecular weight is 440 g/mol. The van der Waals surface area contributed by atoms with Gasteiger partial charge in [0, 0.05) is 23.2 Å². The van der Waals surface area contributed by atoms with Crippen LogP contribution in [0.2, 0.25) is 5.02 Å². The highest BCUT2D eigenvalue weighted by Crippen LogP contribution is 2.26. The minimum Gasteiger partial charge on any atom is -0.494 e. The number of benzene rings is 2. The number of rotatable bonds is 8. The summed E-state index contributed by atoms with van der Waals surface area (Å²) in [4.78, 5) is 15.1. The van der Waals surface area contributed by atoms with Gasteiger partial charge in [-0.1, -0.05) is 28.9 Å². The Bertz CT molecular complexity index is 996. The van der Waals surface area contributed by atoms with E-state index in [0.29, 0.717) is 23.9 Å². The number of nitrogens with one attached hydrogen (secondary N) is 1. The van der Waals surface area contributed by atoms with Crippen LogP contribution in [0.25, 0.3) is 11.3 Å². The second-order valence-electron chi connectivity index (χ2n) is 7.55. The van der Waals surface area contributed by atoms with Crippen molar-refractivity contribution in [1.82, 2.24) is 15.4 Å². The Balaban J connectivity index is 1.42. The monoisotopic (exact) mass is 439 g/mol. The molecule has 31 heavy (non-hydrogen) atoms. The summed E-state index contributed by atoms with van der Waals surface area (Å²) in [5.41, 5.74) is 2.24. The number of nitrogens with zero attached hydrogens (tertiary/aromatic N) is 2. The zero-order chi connectivity index (χ0) is 21.6. The minimum absolute atomic E-state index is 0.0983. The normalized spacial score (nSPS) is 15.0. The Labute approximate surface area is 187 Å². The molecule has 3 aromatic rings. The lowest BCUT2D eigenvalue weighted by molar-refractivity contribution is 0.0929. The fraction of sp³-hybridized carbons (Fsp3) is 0.333. The zero-order valence-electron chi connectivity index (χ0n) is 17.5. The minimum atomic E-state index is -0.251. The van der Waals surface area contributed by atoms with Crippen LogP contribution in [-0.4, -0.2) is 42.2 Å². The molecule has 0 aliphatic carbocycles. The van der Waals surface area contributed by atoms with Gasteiger partial charge in [0.05, 0.1) is 12.6 Å². The van der Waals surface area contributed by atoms with Gasteiger partial charge < -0.3 is 14.6 Å². The molecule has 1 N–H and O–H groups in total. The van der Waals surface area contributed by atoms with Crippen molar-refractivity contribution in [2.45, 2.75) is 25.8 Å². The topological polar surface area (TPSA) is 67.6 Å². The van der Waals surface area contributed by atoms with Crippen LogP contribution >= 0.6 is 11.6 Å². The van der Waals surface area contributed by atoms with Gasteiger partial charge in [-0.25, -0.2) is 0 Å². The maximum absolute atomic E-state index is 12.7.